The van der Waals surface area contributed by atoms with E-state index in [0.717, 1.165) is 0 Å². The summed E-state index contributed by atoms with van der Waals surface area (Å²) < 4.78 is 0. The van der Waals surface area contributed by atoms with Crippen molar-refractivity contribution in [3.8, 4) is 5.75 Å². The number of carbonyl (C=O) groups excluding carboxylic acids is 3. The number of nitrogens with zero attached hydrogens (tertiary/aromatic N) is 1. The molecule has 2 aromatic rings. The van der Waals surface area contributed by atoms with Gasteiger partial charge < -0.3 is 42.0 Å². The van der Waals surface area contributed by atoms with E-state index in [9.17, 15) is 34.2 Å². The summed E-state index contributed by atoms with van der Waals surface area (Å²) in [7, 11) is 0. The molecule has 1 aromatic carbocycles. The van der Waals surface area contributed by atoms with Crippen molar-refractivity contribution in [1.82, 2.24) is 25.9 Å². The Morgan fingerprint density at radius 1 is 0.900 bits per heavy atom. The summed E-state index contributed by atoms with van der Waals surface area (Å²) in [5.41, 5.74) is 6.86. The predicted molar refractivity (Wildman–Crippen MR) is 142 cm³/mol. The van der Waals surface area contributed by atoms with Crippen molar-refractivity contribution in [2.24, 2.45) is 11.7 Å². The molecule has 2 rings (SSSR count). The molecule has 218 valence electrons. The van der Waals surface area contributed by atoms with Gasteiger partial charge in [-0.25, -0.2) is 9.78 Å². The number of aromatic nitrogens is 2. The molecule has 1 heterocycles. The van der Waals surface area contributed by atoms with Crippen LogP contribution in [0.15, 0.2) is 36.8 Å². The number of amides is 3. The maximum Gasteiger partial charge on any atom is 0.326 e. The van der Waals surface area contributed by atoms with E-state index >= 15 is 0 Å². The second kappa shape index (κ2) is 15.2. The fourth-order valence-corrected chi connectivity index (χ4v) is 3.83. The van der Waals surface area contributed by atoms with Crippen LogP contribution in [-0.2, 0) is 36.8 Å². The third kappa shape index (κ3) is 10.7. The first kappa shape index (κ1) is 31.8. The number of aromatic hydroxyl groups is 1. The Labute approximate surface area is 230 Å². The number of imidazole rings is 1. The molecule has 0 aliphatic heterocycles. The molecule has 0 aliphatic rings. The van der Waals surface area contributed by atoms with Crippen molar-refractivity contribution >= 4 is 29.7 Å². The van der Waals surface area contributed by atoms with Crippen LogP contribution in [0.25, 0.3) is 0 Å². The number of H-pyrrole nitrogens is 1. The lowest BCUT2D eigenvalue weighted by atomic mass is 10.0. The average Bonchev–Trinajstić information content (AvgIpc) is 3.40. The van der Waals surface area contributed by atoms with E-state index in [1.807, 2.05) is 13.8 Å². The van der Waals surface area contributed by atoms with Crippen molar-refractivity contribution in [3.63, 3.8) is 0 Å². The van der Waals surface area contributed by atoms with Gasteiger partial charge >= 0.3 is 11.9 Å². The van der Waals surface area contributed by atoms with E-state index in [1.54, 1.807) is 12.1 Å². The Kier molecular flexibility index (Phi) is 12.1. The van der Waals surface area contributed by atoms with Crippen LogP contribution in [0.3, 0.4) is 0 Å². The largest absolute Gasteiger partial charge is 0.508 e. The minimum atomic E-state index is -1.24. The molecule has 4 unspecified atom stereocenters. The fraction of sp³-hybridized carbons (Fsp3) is 0.462. The maximum atomic E-state index is 13.4. The molecule has 0 bridgehead atoms. The first-order valence-electron chi connectivity index (χ1n) is 12.7. The number of phenolic OH excluding ortho intramolecular Hbond substituents is 1. The first-order valence-corrected chi connectivity index (χ1v) is 12.7. The second-order valence-corrected chi connectivity index (χ2v) is 9.84. The van der Waals surface area contributed by atoms with Gasteiger partial charge in [0.05, 0.1) is 12.4 Å². The van der Waals surface area contributed by atoms with Gasteiger partial charge in [0.15, 0.2) is 0 Å². The zero-order valence-corrected chi connectivity index (χ0v) is 22.3. The Bertz CT molecular complexity index is 1150. The van der Waals surface area contributed by atoms with Crippen molar-refractivity contribution in [1.29, 1.82) is 0 Å². The molecule has 0 radical (unpaired) electrons. The van der Waals surface area contributed by atoms with Gasteiger partial charge in [-0.3, -0.25) is 19.2 Å². The number of carboxylic acid groups (broad SMARTS) is 2. The number of rotatable bonds is 16. The normalized spacial score (nSPS) is 14.0. The molecule has 3 amide bonds. The van der Waals surface area contributed by atoms with Crippen molar-refractivity contribution in [2.45, 2.75) is 70.1 Å². The maximum absolute atomic E-state index is 13.4. The van der Waals surface area contributed by atoms with Crippen LogP contribution in [0.2, 0.25) is 0 Å². The molecular weight excluding hydrogens is 524 g/mol. The van der Waals surface area contributed by atoms with Crippen LogP contribution < -0.4 is 21.7 Å². The molecule has 0 saturated heterocycles. The van der Waals surface area contributed by atoms with Crippen LogP contribution in [0, 0.1) is 5.92 Å². The van der Waals surface area contributed by atoms with E-state index in [-0.39, 0.29) is 43.8 Å². The van der Waals surface area contributed by atoms with Crippen LogP contribution in [0.4, 0.5) is 0 Å². The lowest BCUT2D eigenvalue weighted by Gasteiger charge is -2.25. The molecule has 1 aromatic heterocycles. The smallest absolute Gasteiger partial charge is 0.326 e. The number of hydrogen-bond acceptors (Lipinski definition) is 8. The van der Waals surface area contributed by atoms with Crippen LogP contribution >= 0.6 is 0 Å². The lowest BCUT2D eigenvalue weighted by Crippen LogP contribution is -2.58. The Morgan fingerprint density at radius 3 is 2.00 bits per heavy atom. The third-order valence-corrected chi connectivity index (χ3v) is 5.95. The van der Waals surface area contributed by atoms with Crippen molar-refractivity contribution in [2.75, 3.05) is 0 Å². The molecule has 14 nitrogen and oxygen atoms in total. The summed E-state index contributed by atoms with van der Waals surface area (Å²) in [6.07, 6.45) is 2.39. The third-order valence-electron chi connectivity index (χ3n) is 5.95. The fourth-order valence-electron chi connectivity index (χ4n) is 3.83. The van der Waals surface area contributed by atoms with Gasteiger partial charge in [-0.05, 0) is 36.5 Å². The quantitative estimate of drug-likeness (QED) is 0.133. The number of carbonyl (C=O) groups is 5. The van der Waals surface area contributed by atoms with Crippen molar-refractivity contribution in [3.05, 3.63) is 48.0 Å². The molecule has 0 fully saturated rings. The van der Waals surface area contributed by atoms with E-state index < -0.39 is 53.8 Å². The molecule has 40 heavy (non-hydrogen) atoms. The molecule has 4 atom stereocenters. The van der Waals surface area contributed by atoms with Gasteiger partial charge in [0.1, 0.15) is 23.9 Å². The summed E-state index contributed by atoms with van der Waals surface area (Å²) >= 11 is 0. The molecule has 14 heteroatoms. The van der Waals surface area contributed by atoms with E-state index in [0.29, 0.717) is 11.3 Å². The molecule has 0 spiro atoms. The number of benzene rings is 1. The van der Waals surface area contributed by atoms with E-state index in [1.165, 1.54) is 24.7 Å². The van der Waals surface area contributed by atoms with Crippen molar-refractivity contribution < 1.29 is 39.3 Å². The Balaban J connectivity index is 2.28. The number of nitrogens with one attached hydrogen (secondary N) is 4. The van der Waals surface area contributed by atoms with Gasteiger partial charge in [-0.15, -0.1) is 0 Å². The minimum absolute atomic E-state index is 0.00164. The summed E-state index contributed by atoms with van der Waals surface area (Å²) in [6.45, 7) is 3.61. The van der Waals surface area contributed by atoms with Crippen LogP contribution in [-0.4, -0.2) is 79.1 Å². The van der Waals surface area contributed by atoms with Gasteiger partial charge in [-0.2, -0.15) is 0 Å². The number of aliphatic carboxylic acids is 2. The van der Waals surface area contributed by atoms with Gasteiger partial charge in [0.25, 0.3) is 0 Å². The highest BCUT2D eigenvalue weighted by atomic mass is 16.4. The molecular formula is C26H36N6O8. The van der Waals surface area contributed by atoms with E-state index in [4.69, 9.17) is 10.8 Å². The highest BCUT2D eigenvalue weighted by Gasteiger charge is 2.31. The highest BCUT2D eigenvalue weighted by Crippen LogP contribution is 2.13. The second-order valence-electron chi connectivity index (χ2n) is 9.84. The van der Waals surface area contributed by atoms with Gasteiger partial charge in [-0.1, -0.05) is 26.0 Å². The number of carboxylic acids is 2. The highest BCUT2D eigenvalue weighted by molar-refractivity contribution is 5.94. The summed E-state index contributed by atoms with van der Waals surface area (Å²) in [6, 6.07) is 1.05. The lowest BCUT2D eigenvalue weighted by molar-refractivity contribution is -0.143. The average molecular weight is 561 g/mol. The zero-order chi connectivity index (χ0) is 29.8. The first-order chi connectivity index (χ1) is 18.8. The topological polar surface area (TPSA) is 237 Å². The number of phenols is 1. The van der Waals surface area contributed by atoms with Crippen LogP contribution in [0.1, 0.15) is 44.4 Å². The summed E-state index contributed by atoms with van der Waals surface area (Å²) in [5.74, 6) is -4.67. The van der Waals surface area contributed by atoms with Gasteiger partial charge in [0.2, 0.25) is 17.7 Å². The van der Waals surface area contributed by atoms with E-state index in [2.05, 4.69) is 25.9 Å². The SMILES string of the molecule is CC(C)CC(NC(=O)C(Cc1ccc(O)cc1)NC(=O)C(Cc1cnc[nH]1)NC(=O)C(N)CCC(=O)O)C(=O)O. The van der Waals surface area contributed by atoms with Crippen LogP contribution in [0.5, 0.6) is 5.75 Å². The molecule has 0 aliphatic carbocycles. The number of nitrogens with two attached hydrogens (primary N) is 1. The summed E-state index contributed by atoms with van der Waals surface area (Å²) in [5, 5.41) is 35.6. The molecule has 0 saturated carbocycles. The Morgan fingerprint density at radius 2 is 1.48 bits per heavy atom. The standard InChI is InChI=1S/C26H36N6O8/c1-14(2)9-21(26(39)40)32-24(37)19(10-15-3-5-17(33)6-4-15)31-25(38)20(11-16-12-28-13-29-16)30-23(36)18(27)7-8-22(34)35/h3-6,12-14,18-21,33H,7-11,27H2,1-2H3,(H,28,29)(H,30,36)(H,31,38)(H,32,37)(H,34,35)(H,39,40). The monoisotopic (exact) mass is 560 g/mol. The number of hydrogen-bond donors (Lipinski definition) is 8. The zero-order valence-electron chi connectivity index (χ0n) is 22.3. The van der Waals surface area contributed by atoms with Gasteiger partial charge in [0, 0.05) is 31.2 Å². The number of aromatic amines is 1. The Hall–Kier alpha value is -4.46. The minimum Gasteiger partial charge on any atom is -0.508 e. The predicted octanol–water partition coefficient (Wildman–Crippen LogP) is -0.322. The summed E-state index contributed by atoms with van der Waals surface area (Å²) in [4.78, 5) is 68.6. The molecule has 9 N–H and O–H groups in total.